The molecule has 3 nitrogen and oxygen atoms in total. The van der Waals surface area contributed by atoms with Crippen molar-refractivity contribution in [3.63, 3.8) is 0 Å². The van der Waals surface area contributed by atoms with Crippen LogP contribution < -0.4 is 0 Å². The summed E-state index contributed by atoms with van der Waals surface area (Å²) in [5.41, 5.74) is -0.397. The van der Waals surface area contributed by atoms with E-state index in [2.05, 4.69) is 4.57 Å². The zero-order valence-electron chi connectivity index (χ0n) is 45.3. The van der Waals surface area contributed by atoms with Crippen molar-refractivity contribution in [3.8, 4) is 28.2 Å². The monoisotopic (exact) mass is 668 g/mol. The molecule has 0 aliphatic carbocycles. The Kier molecular flexibility index (Phi) is 3.26. The lowest BCUT2D eigenvalue weighted by molar-refractivity contribution is 1.16. The summed E-state index contributed by atoms with van der Waals surface area (Å²) in [6, 6.07) is 8.63. The second kappa shape index (κ2) is 10.8. The molecule has 3 heterocycles. The summed E-state index contributed by atoms with van der Waals surface area (Å²) < 4.78 is 177. The second-order valence-corrected chi connectivity index (χ2v) is 11.9. The van der Waals surface area contributed by atoms with E-state index in [-0.39, 0.29) is 21.8 Å². The summed E-state index contributed by atoms with van der Waals surface area (Å²) in [5, 5.41) is 0.239. The van der Waals surface area contributed by atoms with Crippen LogP contribution in [-0.4, -0.2) is 13.7 Å². The molecule has 0 unspecified atom stereocenters. The fourth-order valence-electron chi connectivity index (χ4n) is 7.06. The van der Waals surface area contributed by atoms with Gasteiger partial charge in [-0.1, -0.05) is 115 Å². The molecule has 3 aromatic heterocycles. The molecule has 3 heteroatoms. The van der Waals surface area contributed by atoms with Crippen LogP contribution in [-0.2, 0) is 0 Å². The Balaban J connectivity index is 1.34. The summed E-state index contributed by atoms with van der Waals surface area (Å²) >= 11 is 0. The summed E-state index contributed by atoms with van der Waals surface area (Å²) in [5.74, 6) is 0. The molecule has 0 aliphatic rings. The Labute approximate surface area is 321 Å². The third kappa shape index (κ3) is 4.12. The van der Waals surface area contributed by atoms with Gasteiger partial charge in [-0.15, -0.1) is 0 Å². The van der Waals surface area contributed by atoms with Crippen molar-refractivity contribution < 1.29 is 26.0 Å². The maximum Gasteiger partial charge on any atom is 0.0652 e. The van der Waals surface area contributed by atoms with Crippen LogP contribution in [0.4, 0.5) is 0 Å². The quantitative estimate of drug-likeness (QED) is 0.177. The second-order valence-electron chi connectivity index (χ2n) is 11.9. The largest absolute Gasteiger partial charge is 0.309 e. The van der Waals surface area contributed by atoms with Crippen LogP contribution in [0.5, 0.6) is 0 Å². The van der Waals surface area contributed by atoms with Gasteiger partial charge in [-0.2, -0.15) is 0 Å². The minimum atomic E-state index is -0.820. The van der Waals surface area contributed by atoms with E-state index in [1.165, 1.54) is 4.57 Å². The van der Waals surface area contributed by atoms with Gasteiger partial charge in [0.25, 0.3) is 0 Å². The fraction of sp³-hybridized carbons (Fsp3) is 0. The number of fused-ring (bicyclic) bond motifs is 9. The van der Waals surface area contributed by atoms with Gasteiger partial charge in [-0.05, 0) is 83.8 Å². The molecular formula is C48H31N3. The molecule has 11 aromatic rings. The molecular weight excluding hydrogens is 619 g/mol. The van der Waals surface area contributed by atoms with Crippen molar-refractivity contribution in [1.82, 2.24) is 13.7 Å². The van der Waals surface area contributed by atoms with Crippen molar-refractivity contribution in [2.24, 2.45) is 0 Å². The SMILES string of the molecule is [2H]c1c([2H])c([2H])c(-c2c([2H])c([2H])c3c4c([2H])c([2H])c([2H])c([2H])c4n(-c4c([2H])c([2H])c5c(c4[2H])c4c([2H])c([2H])c([2H])c([2H])c4n5-c4ccc5c(c4)c4ccccc4n5-c4ccccc4)c3c2[2H])c([2H])c1[2H]. The first kappa shape index (κ1) is 15.4. The minimum absolute atomic E-state index is 0.146. The minimum Gasteiger partial charge on any atom is -0.309 e. The van der Waals surface area contributed by atoms with Gasteiger partial charge in [-0.3, -0.25) is 0 Å². The maximum absolute atomic E-state index is 10.1. The lowest BCUT2D eigenvalue weighted by atomic mass is 10.0. The molecule has 238 valence electrons. The van der Waals surface area contributed by atoms with Gasteiger partial charge in [0.2, 0.25) is 0 Å². The van der Waals surface area contributed by atoms with Gasteiger partial charge >= 0.3 is 0 Å². The Morgan fingerprint density at radius 2 is 0.941 bits per heavy atom. The molecule has 0 aliphatic heterocycles. The fourth-order valence-corrected chi connectivity index (χ4v) is 7.06. The first-order valence-electron chi connectivity index (χ1n) is 25.5. The van der Waals surface area contributed by atoms with Gasteiger partial charge in [0, 0.05) is 49.4 Å². The van der Waals surface area contributed by atoms with Gasteiger partial charge in [-0.25, -0.2) is 0 Å². The Morgan fingerprint density at radius 1 is 0.314 bits per heavy atom. The first-order chi connectivity index (χ1) is 33.2. The Morgan fingerprint density at radius 3 is 1.76 bits per heavy atom. The van der Waals surface area contributed by atoms with Gasteiger partial charge < -0.3 is 13.7 Å². The summed E-state index contributed by atoms with van der Waals surface area (Å²) in [6.07, 6.45) is 0. The summed E-state index contributed by atoms with van der Waals surface area (Å²) in [6.45, 7) is 0. The van der Waals surface area contributed by atoms with Crippen LogP contribution in [0, 0.1) is 0 Å². The standard InChI is InChI=1S/C48H31N3/c1-3-13-32(14-4-1)33-23-26-40-37-17-7-10-20-43(37)51(48(40)29-33)36-25-28-47-42(31-36)39-19-9-12-22-45(39)50(47)35-24-27-46-41(30-35)38-18-8-11-21-44(38)49(46)34-15-5-2-6-16-34/h1-31H/i1D,3D,4D,7D,9D,10D,12D,13D,14D,17D,19D,20D,22D,23D,25D,26D,28D,29D,31D. The topological polar surface area (TPSA) is 14.8 Å². The number of para-hydroxylation sites is 4. The molecule has 8 aromatic carbocycles. The van der Waals surface area contributed by atoms with E-state index in [1.807, 2.05) is 60.7 Å². The average molecular weight is 669 g/mol. The lowest BCUT2D eigenvalue weighted by Crippen LogP contribution is -1.96. The van der Waals surface area contributed by atoms with Gasteiger partial charge in [0.1, 0.15) is 0 Å². The van der Waals surface area contributed by atoms with E-state index >= 15 is 0 Å². The molecule has 0 radical (unpaired) electrons. The molecule has 0 N–H and O–H groups in total. The third-order valence-corrected chi connectivity index (χ3v) is 9.20. The van der Waals surface area contributed by atoms with E-state index in [1.54, 1.807) is 12.1 Å². The number of nitrogens with zero attached hydrogens (tertiary/aromatic N) is 3. The van der Waals surface area contributed by atoms with E-state index in [4.69, 9.17) is 15.1 Å². The predicted octanol–water partition coefficient (Wildman–Crippen LogP) is 12.6. The molecule has 0 saturated carbocycles. The molecule has 0 atom stereocenters. The molecule has 0 bridgehead atoms. The third-order valence-electron chi connectivity index (χ3n) is 9.20. The molecule has 0 amide bonds. The van der Waals surface area contributed by atoms with Gasteiger partial charge in [0.15, 0.2) is 0 Å². The van der Waals surface area contributed by atoms with Crippen molar-refractivity contribution >= 4 is 65.4 Å². The highest BCUT2D eigenvalue weighted by Crippen LogP contribution is 2.40. The van der Waals surface area contributed by atoms with Crippen LogP contribution >= 0.6 is 0 Å². The number of rotatable bonds is 4. The maximum atomic E-state index is 10.1. The van der Waals surface area contributed by atoms with Gasteiger partial charge in [0.05, 0.1) is 59.1 Å². The average Bonchev–Trinajstić information content (AvgIpc) is 4.02. The van der Waals surface area contributed by atoms with Crippen LogP contribution in [0.1, 0.15) is 26.0 Å². The van der Waals surface area contributed by atoms with Crippen molar-refractivity contribution in [1.29, 1.82) is 0 Å². The highest BCUT2D eigenvalue weighted by molar-refractivity contribution is 6.14. The van der Waals surface area contributed by atoms with Crippen LogP contribution in [0.3, 0.4) is 0 Å². The Bertz CT molecular complexity index is 4200. The molecule has 11 rings (SSSR count). The highest BCUT2D eigenvalue weighted by Gasteiger charge is 2.19. The molecule has 0 spiro atoms. The number of aromatic nitrogens is 3. The van der Waals surface area contributed by atoms with E-state index in [9.17, 15) is 11.0 Å². The highest BCUT2D eigenvalue weighted by atomic mass is 15.0. The molecule has 0 saturated heterocycles. The summed E-state index contributed by atoms with van der Waals surface area (Å²) in [4.78, 5) is 0. The number of hydrogen-bond donors (Lipinski definition) is 0. The van der Waals surface area contributed by atoms with Crippen molar-refractivity contribution in [2.75, 3.05) is 0 Å². The van der Waals surface area contributed by atoms with Crippen molar-refractivity contribution in [3.05, 3.63) is 188 Å². The van der Waals surface area contributed by atoms with Crippen molar-refractivity contribution in [2.45, 2.75) is 0 Å². The van der Waals surface area contributed by atoms with E-state index in [0.717, 1.165) is 32.1 Å². The van der Waals surface area contributed by atoms with E-state index < -0.39 is 153 Å². The smallest absolute Gasteiger partial charge is 0.0652 e. The van der Waals surface area contributed by atoms with Crippen LogP contribution in [0.2, 0.25) is 0 Å². The van der Waals surface area contributed by atoms with Crippen LogP contribution in [0.15, 0.2) is 188 Å². The lowest BCUT2D eigenvalue weighted by Gasteiger charge is -2.12. The normalized spacial score (nSPS) is 17.1. The van der Waals surface area contributed by atoms with E-state index in [0.29, 0.717) is 5.69 Å². The first-order valence-corrected chi connectivity index (χ1v) is 16.0. The molecule has 51 heavy (non-hydrogen) atoms. The number of hydrogen-bond acceptors (Lipinski definition) is 0. The number of benzene rings is 8. The molecule has 0 fully saturated rings. The zero-order valence-corrected chi connectivity index (χ0v) is 26.3. The summed E-state index contributed by atoms with van der Waals surface area (Å²) in [7, 11) is 0. The zero-order chi connectivity index (χ0) is 50.0. The predicted molar refractivity (Wildman–Crippen MR) is 215 cm³/mol. The Hall–Kier alpha value is -6.84. The van der Waals surface area contributed by atoms with Crippen LogP contribution in [0.25, 0.3) is 93.6 Å².